The molecule has 3 rings (SSSR count). The Hall–Kier alpha value is -0.280. The monoisotopic (exact) mass is 300 g/mol. The van der Waals surface area contributed by atoms with Crippen molar-refractivity contribution in [3.8, 4) is 0 Å². The third-order valence-electron chi connectivity index (χ3n) is 5.75. The van der Waals surface area contributed by atoms with Crippen LogP contribution in [0.2, 0.25) is 0 Å². The highest BCUT2D eigenvalue weighted by atomic mass is 35.5. The van der Waals surface area contributed by atoms with Crippen molar-refractivity contribution < 1.29 is 4.79 Å². The summed E-state index contributed by atoms with van der Waals surface area (Å²) in [4.78, 5) is 14.4. The molecule has 0 aromatic rings. The van der Waals surface area contributed by atoms with Crippen LogP contribution in [0.5, 0.6) is 0 Å². The molecule has 1 saturated carbocycles. The zero-order chi connectivity index (χ0) is 13.1. The second-order valence-corrected chi connectivity index (χ2v) is 7.00. The zero-order valence-electron chi connectivity index (χ0n) is 12.5. The summed E-state index contributed by atoms with van der Waals surface area (Å²) < 4.78 is 0. The summed E-state index contributed by atoms with van der Waals surface area (Å²) in [5, 5.41) is 3.49. The fraction of sp³-hybridized carbons (Fsp3) is 0.938. The number of amides is 1. The minimum atomic E-state index is 0. The maximum Gasteiger partial charge on any atom is 0.222 e. The van der Waals surface area contributed by atoms with Gasteiger partial charge in [0.25, 0.3) is 0 Å². The van der Waals surface area contributed by atoms with Gasteiger partial charge in [-0.3, -0.25) is 4.79 Å². The van der Waals surface area contributed by atoms with Crippen molar-refractivity contribution in [3.63, 3.8) is 0 Å². The van der Waals surface area contributed by atoms with Gasteiger partial charge in [-0.2, -0.15) is 0 Å². The van der Waals surface area contributed by atoms with E-state index in [1.54, 1.807) is 0 Å². The molecule has 4 heteroatoms. The van der Waals surface area contributed by atoms with Gasteiger partial charge in [-0.25, -0.2) is 0 Å². The molecule has 1 aliphatic carbocycles. The lowest BCUT2D eigenvalue weighted by atomic mass is 9.78. The van der Waals surface area contributed by atoms with E-state index in [1.165, 1.54) is 58.0 Å². The van der Waals surface area contributed by atoms with E-state index in [0.29, 0.717) is 11.3 Å². The fourth-order valence-corrected chi connectivity index (χ4v) is 4.24. The van der Waals surface area contributed by atoms with Crippen molar-refractivity contribution in [1.82, 2.24) is 10.2 Å². The van der Waals surface area contributed by atoms with E-state index >= 15 is 0 Å². The predicted octanol–water partition coefficient (Wildman–Crippen LogP) is 2.98. The molecule has 1 amide bonds. The molecule has 116 valence electrons. The SMILES string of the molecule is Cl.O=C(CCC1CCCC1)N1CCC2(CCNC2)CC1. The number of nitrogens with zero attached hydrogens (tertiary/aromatic N) is 1. The normalized spacial score (nSPS) is 25.9. The molecule has 0 atom stereocenters. The standard InChI is InChI=1S/C16H28N2O.ClH/c19-15(6-5-14-3-1-2-4-14)18-11-8-16(9-12-18)7-10-17-13-16;/h14,17H,1-13H2;1H. The fourth-order valence-electron chi connectivity index (χ4n) is 4.24. The number of carbonyl (C=O) groups is 1. The molecule has 0 radical (unpaired) electrons. The summed E-state index contributed by atoms with van der Waals surface area (Å²) in [7, 11) is 0. The molecule has 20 heavy (non-hydrogen) atoms. The van der Waals surface area contributed by atoms with Crippen molar-refractivity contribution in [2.45, 2.75) is 57.8 Å². The molecule has 2 aliphatic heterocycles. The molecule has 0 aromatic carbocycles. The van der Waals surface area contributed by atoms with Crippen LogP contribution >= 0.6 is 12.4 Å². The van der Waals surface area contributed by atoms with Crippen LogP contribution in [0.1, 0.15) is 57.8 Å². The molecular weight excluding hydrogens is 272 g/mol. The second-order valence-electron chi connectivity index (χ2n) is 7.00. The van der Waals surface area contributed by atoms with Crippen LogP contribution < -0.4 is 5.32 Å². The quantitative estimate of drug-likeness (QED) is 0.869. The Kier molecular flexibility index (Phi) is 5.74. The third-order valence-corrected chi connectivity index (χ3v) is 5.75. The lowest BCUT2D eigenvalue weighted by Crippen LogP contribution is -2.44. The molecule has 3 aliphatic rings. The van der Waals surface area contributed by atoms with Crippen LogP contribution in [-0.4, -0.2) is 37.0 Å². The predicted molar refractivity (Wildman–Crippen MR) is 84.2 cm³/mol. The van der Waals surface area contributed by atoms with Gasteiger partial charge in [0, 0.05) is 26.1 Å². The van der Waals surface area contributed by atoms with Crippen LogP contribution in [-0.2, 0) is 4.79 Å². The molecule has 1 spiro atoms. The van der Waals surface area contributed by atoms with E-state index in [1.807, 2.05) is 0 Å². The number of piperidine rings is 1. The average molecular weight is 301 g/mol. The number of nitrogens with one attached hydrogen (secondary N) is 1. The Balaban J connectivity index is 0.00000147. The van der Waals surface area contributed by atoms with Gasteiger partial charge in [-0.15, -0.1) is 12.4 Å². The largest absolute Gasteiger partial charge is 0.343 e. The summed E-state index contributed by atoms with van der Waals surface area (Å²) in [6.45, 7) is 4.36. The smallest absolute Gasteiger partial charge is 0.222 e. The van der Waals surface area contributed by atoms with E-state index in [-0.39, 0.29) is 12.4 Å². The highest BCUT2D eigenvalue weighted by Crippen LogP contribution is 2.37. The first-order valence-corrected chi connectivity index (χ1v) is 8.26. The minimum Gasteiger partial charge on any atom is -0.343 e. The van der Waals surface area contributed by atoms with Crippen LogP contribution in [0.3, 0.4) is 0 Å². The number of rotatable bonds is 3. The maximum absolute atomic E-state index is 12.3. The first-order chi connectivity index (χ1) is 9.27. The number of hydrogen-bond acceptors (Lipinski definition) is 2. The molecule has 1 N–H and O–H groups in total. The number of halogens is 1. The Morgan fingerprint density at radius 3 is 2.45 bits per heavy atom. The molecule has 0 unspecified atom stereocenters. The molecule has 0 bridgehead atoms. The van der Waals surface area contributed by atoms with Crippen molar-refractivity contribution in [2.24, 2.45) is 11.3 Å². The van der Waals surface area contributed by atoms with Gasteiger partial charge < -0.3 is 10.2 Å². The molecular formula is C16H29ClN2O. The maximum atomic E-state index is 12.3. The van der Waals surface area contributed by atoms with Gasteiger partial charge in [-0.1, -0.05) is 25.7 Å². The van der Waals surface area contributed by atoms with Gasteiger partial charge in [0.05, 0.1) is 0 Å². The van der Waals surface area contributed by atoms with Crippen LogP contribution in [0.4, 0.5) is 0 Å². The first-order valence-electron chi connectivity index (χ1n) is 8.26. The molecule has 3 fully saturated rings. The molecule has 0 aromatic heterocycles. The number of hydrogen-bond donors (Lipinski definition) is 1. The summed E-state index contributed by atoms with van der Waals surface area (Å²) in [6.07, 6.45) is 11.2. The van der Waals surface area contributed by atoms with Crippen molar-refractivity contribution in [3.05, 3.63) is 0 Å². The minimum absolute atomic E-state index is 0. The Morgan fingerprint density at radius 2 is 1.85 bits per heavy atom. The Labute approximate surface area is 129 Å². The summed E-state index contributed by atoms with van der Waals surface area (Å²) in [6, 6.07) is 0. The molecule has 2 heterocycles. The summed E-state index contributed by atoms with van der Waals surface area (Å²) >= 11 is 0. The van der Waals surface area contributed by atoms with Gasteiger partial charge in [-0.05, 0) is 43.6 Å². The lowest BCUT2D eigenvalue weighted by Gasteiger charge is -2.39. The van der Waals surface area contributed by atoms with E-state index in [0.717, 1.165) is 31.8 Å². The molecule has 2 saturated heterocycles. The van der Waals surface area contributed by atoms with Gasteiger partial charge in [0.2, 0.25) is 5.91 Å². The second kappa shape index (κ2) is 7.13. The van der Waals surface area contributed by atoms with Crippen LogP contribution in [0.25, 0.3) is 0 Å². The Morgan fingerprint density at radius 1 is 1.15 bits per heavy atom. The van der Waals surface area contributed by atoms with Crippen LogP contribution in [0, 0.1) is 11.3 Å². The highest BCUT2D eigenvalue weighted by molar-refractivity contribution is 5.85. The van der Waals surface area contributed by atoms with E-state index < -0.39 is 0 Å². The first kappa shape index (κ1) is 16.1. The number of likely N-dealkylation sites (tertiary alicyclic amines) is 1. The van der Waals surface area contributed by atoms with Gasteiger partial charge >= 0.3 is 0 Å². The van der Waals surface area contributed by atoms with Crippen molar-refractivity contribution in [1.29, 1.82) is 0 Å². The van der Waals surface area contributed by atoms with E-state index in [4.69, 9.17) is 0 Å². The lowest BCUT2D eigenvalue weighted by molar-refractivity contribution is -0.133. The van der Waals surface area contributed by atoms with Crippen molar-refractivity contribution >= 4 is 18.3 Å². The van der Waals surface area contributed by atoms with E-state index in [2.05, 4.69) is 10.2 Å². The summed E-state index contributed by atoms with van der Waals surface area (Å²) in [5.41, 5.74) is 0.530. The topological polar surface area (TPSA) is 32.3 Å². The zero-order valence-corrected chi connectivity index (χ0v) is 13.3. The van der Waals surface area contributed by atoms with Crippen LogP contribution in [0.15, 0.2) is 0 Å². The summed E-state index contributed by atoms with van der Waals surface area (Å²) in [5.74, 6) is 1.27. The molecule has 3 nitrogen and oxygen atoms in total. The van der Waals surface area contributed by atoms with Gasteiger partial charge in [0.1, 0.15) is 0 Å². The van der Waals surface area contributed by atoms with E-state index in [9.17, 15) is 4.79 Å². The van der Waals surface area contributed by atoms with Crippen molar-refractivity contribution in [2.75, 3.05) is 26.2 Å². The average Bonchev–Trinajstić information content (AvgIpc) is 3.09. The third kappa shape index (κ3) is 3.67. The highest BCUT2D eigenvalue weighted by Gasteiger charge is 2.37. The Bertz CT molecular complexity index is 312. The number of carbonyl (C=O) groups excluding carboxylic acids is 1. The van der Waals surface area contributed by atoms with Gasteiger partial charge in [0.15, 0.2) is 0 Å².